The van der Waals surface area contributed by atoms with Crippen molar-refractivity contribution in [2.24, 2.45) is 5.41 Å². The lowest BCUT2D eigenvalue weighted by Gasteiger charge is -2.15. The number of nitrogens with one attached hydrogen (secondary N) is 1. The number of hydrogen-bond acceptors (Lipinski definition) is 4. The summed E-state index contributed by atoms with van der Waals surface area (Å²) in [5.41, 5.74) is 1.20. The van der Waals surface area contributed by atoms with Gasteiger partial charge in [0.15, 0.2) is 11.5 Å². The molecule has 0 aliphatic carbocycles. The molecule has 0 saturated carbocycles. The first kappa shape index (κ1) is 14.8. The van der Waals surface area contributed by atoms with Crippen LogP contribution in [0.3, 0.4) is 0 Å². The Morgan fingerprint density at radius 2 is 1.95 bits per heavy atom. The lowest BCUT2D eigenvalue weighted by atomic mass is 9.96. The van der Waals surface area contributed by atoms with Crippen molar-refractivity contribution in [3.63, 3.8) is 0 Å². The summed E-state index contributed by atoms with van der Waals surface area (Å²) in [5, 5.41) is 7.05. The summed E-state index contributed by atoms with van der Waals surface area (Å²) in [7, 11) is 0. The van der Waals surface area contributed by atoms with Gasteiger partial charge in [-0.25, -0.2) is 9.50 Å². The van der Waals surface area contributed by atoms with Crippen LogP contribution in [0.25, 0.3) is 5.65 Å². The predicted molar refractivity (Wildman–Crippen MR) is 72.9 cm³/mol. The Hall–Kier alpha value is -2.24. The van der Waals surface area contributed by atoms with E-state index < -0.39 is 5.41 Å². The highest BCUT2D eigenvalue weighted by Crippen LogP contribution is 2.17. The second kappa shape index (κ2) is 5.60. The van der Waals surface area contributed by atoms with Crippen LogP contribution < -0.4 is 5.32 Å². The van der Waals surface area contributed by atoms with Crippen molar-refractivity contribution in [2.45, 2.75) is 27.7 Å². The normalized spacial score (nSPS) is 10.7. The largest absolute Gasteiger partial charge is 0.309 e. The van der Waals surface area contributed by atoms with E-state index in [1.807, 2.05) is 46.6 Å². The Kier molecular flexibility index (Phi) is 4.37. The van der Waals surface area contributed by atoms with Crippen molar-refractivity contribution in [1.29, 1.82) is 0 Å². The quantitative estimate of drug-likeness (QED) is 0.850. The zero-order chi connectivity index (χ0) is 14.6. The first-order valence-corrected chi connectivity index (χ1v) is 5.79. The molecule has 0 spiro atoms. The van der Waals surface area contributed by atoms with Crippen molar-refractivity contribution in [3.05, 3.63) is 24.0 Å². The van der Waals surface area contributed by atoms with Gasteiger partial charge in [0, 0.05) is 5.41 Å². The van der Waals surface area contributed by atoms with Gasteiger partial charge in [0.05, 0.1) is 11.9 Å². The van der Waals surface area contributed by atoms with Crippen molar-refractivity contribution in [2.75, 3.05) is 5.32 Å². The summed E-state index contributed by atoms with van der Waals surface area (Å²) >= 11 is 0. The number of aryl methyl sites for hydroxylation is 1. The van der Waals surface area contributed by atoms with Gasteiger partial charge < -0.3 is 10.1 Å². The lowest BCUT2D eigenvalue weighted by Crippen LogP contribution is -2.27. The number of carbonyl (C=O) groups is 2. The molecule has 2 rings (SSSR count). The molecule has 1 amide bonds. The summed E-state index contributed by atoms with van der Waals surface area (Å²) in [4.78, 5) is 24.1. The highest BCUT2D eigenvalue weighted by Gasteiger charge is 2.22. The van der Waals surface area contributed by atoms with Crippen LogP contribution >= 0.6 is 0 Å². The number of imidazole rings is 1. The van der Waals surface area contributed by atoms with E-state index >= 15 is 0 Å². The minimum atomic E-state index is -0.431. The minimum Gasteiger partial charge on any atom is -0.309 e. The summed E-state index contributed by atoms with van der Waals surface area (Å²) in [6, 6.07) is 3.76. The molecule has 2 aromatic heterocycles. The number of nitrogens with zero attached hydrogens (tertiary/aromatic N) is 3. The maximum Gasteiger partial charge on any atom is 0.230 e. The fourth-order valence-electron chi connectivity index (χ4n) is 1.34. The first-order valence-electron chi connectivity index (χ1n) is 5.79. The average molecular weight is 262 g/mol. The molecule has 19 heavy (non-hydrogen) atoms. The summed E-state index contributed by atoms with van der Waals surface area (Å²) in [6.45, 7) is 9.49. The Balaban J connectivity index is 0.000000861. The highest BCUT2D eigenvalue weighted by atomic mass is 16.2. The van der Waals surface area contributed by atoms with Crippen LogP contribution in [-0.4, -0.2) is 27.3 Å². The number of hydrogen-bond donors (Lipinski definition) is 1. The third-order valence-corrected chi connectivity index (χ3v) is 2.38. The molecule has 2 heterocycles. The fourth-order valence-corrected chi connectivity index (χ4v) is 1.34. The fraction of sp³-hybridized carbons (Fsp3) is 0.385. The van der Waals surface area contributed by atoms with Crippen LogP contribution in [0.4, 0.5) is 5.82 Å². The van der Waals surface area contributed by atoms with Gasteiger partial charge in [-0.2, -0.15) is 5.10 Å². The highest BCUT2D eigenvalue weighted by molar-refractivity contribution is 5.93. The van der Waals surface area contributed by atoms with E-state index in [4.69, 9.17) is 4.79 Å². The SMILES string of the molecule is C=O.Cc1ccc2nc(NC(=O)C(C)(C)C)cn2n1. The number of amides is 1. The molecule has 0 aliphatic heterocycles. The van der Waals surface area contributed by atoms with Crippen molar-refractivity contribution >= 4 is 24.2 Å². The first-order chi connectivity index (χ1) is 8.86. The van der Waals surface area contributed by atoms with Crippen LogP contribution in [0.5, 0.6) is 0 Å². The molecule has 0 radical (unpaired) electrons. The third kappa shape index (κ3) is 3.61. The monoisotopic (exact) mass is 262 g/mol. The standard InChI is InChI=1S/C12H16N4O.CH2O/c1-8-5-6-10-13-9(7-16(10)15-8)14-11(17)12(2,3)4;1-2/h5-7H,1-4H3,(H,14,17);1H2. The molecule has 6 nitrogen and oxygen atoms in total. The zero-order valence-corrected chi connectivity index (χ0v) is 11.6. The van der Waals surface area contributed by atoms with E-state index in [2.05, 4.69) is 15.4 Å². The van der Waals surface area contributed by atoms with Crippen molar-refractivity contribution < 1.29 is 9.59 Å². The molecule has 1 N–H and O–H groups in total. The second-order valence-electron chi connectivity index (χ2n) is 5.11. The van der Waals surface area contributed by atoms with Gasteiger partial charge in [-0.15, -0.1) is 0 Å². The molecular formula is C13H18N4O2. The Morgan fingerprint density at radius 3 is 2.53 bits per heavy atom. The van der Waals surface area contributed by atoms with E-state index in [-0.39, 0.29) is 5.91 Å². The number of rotatable bonds is 1. The number of carbonyl (C=O) groups excluding carboxylic acids is 2. The van der Waals surface area contributed by atoms with Gasteiger partial charge in [0.1, 0.15) is 6.79 Å². The maximum atomic E-state index is 11.8. The van der Waals surface area contributed by atoms with E-state index in [1.54, 1.807) is 10.7 Å². The number of fused-ring (bicyclic) bond motifs is 1. The molecule has 2 aromatic rings. The zero-order valence-electron chi connectivity index (χ0n) is 11.6. The Labute approximate surface area is 111 Å². The summed E-state index contributed by atoms with van der Waals surface area (Å²) < 4.78 is 1.66. The van der Waals surface area contributed by atoms with E-state index in [1.165, 1.54) is 0 Å². The average Bonchev–Trinajstić information content (AvgIpc) is 2.71. The van der Waals surface area contributed by atoms with Crippen LogP contribution in [0.1, 0.15) is 26.5 Å². The van der Waals surface area contributed by atoms with Crippen molar-refractivity contribution in [1.82, 2.24) is 14.6 Å². The van der Waals surface area contributed by atoms with Gasteiger partial charge in [-0.3, -0.25) is 4.79 Å². The van der Waals surface area contributed by atoms with E-state index in [0.29, 0.717) is 5.82 Å². The minimum absolute atomic E-state index is 0.0578. The van der Waals surface area contributed by atoms with Crippen molar-refractivity contribution in [3.8, 4) is 0 Å². The molecule has 0 aliphatic rings. The second-order valence-corrected chi connectivity index (χ2v) is 5.11. The van der Waals surface area contributed by atoms with E-state index in [0.717, 1.165) is 11.3 Å². The van der Waals surface area contributed by atoms with Gasteiger partial charge in [0.2, 0.25) is 5.91 Å². The molecule has 0 bridgehead atoms. The van der Waals surface area contributed by atoms with Crippen LogP contribution in [0.2, 0.25) is 0 Å². The molecule has 0 aromatic carbocycles. The molecular weight excluding hydrogens is 244 g/mol. The van der Waals surface area contributed by atoms with Gasteiger partial charge in [-0.1, -0.05) is 20.8 Å². The van der Waals surface area contributed by atoms with Gasteiger partial charge >= 0.3 is 0 Å². The molecule has 0 atom stereocenters. The molecule has 0 unspecified atom stereocenters. The van der Waals surface area contributed by atoms with E-state index in [9.17, 15) is 4.79 Å². The predicted octanol–water partition coefficient (Wildman–Crippen LogP) is 1.84. The molecule has 102 valence electrons. The smallest absolute Gasteiger partial charge is 0.230 e. The Bertz CT molecular complexity index is 584. The topological polar surface area (TPSA) is 76.4 Å². The van der Waals surface area contributed by atoms with Crippen LogP contribution in [0.15, 0.2) is 18.3 Å². The van der Waals surface area contributed by atoms with Crippen LogP contribution in [0, 0.1) is 12.3 Å². The van der Waals surface area contributed by atoms with Gasteiger partial charge in [0.25, 0.3) is 0 Å². The summed E-state index contributed by atoms with van der Waals surface area (Å²) in [6.07, 6.45) is 1.71. The molecule has 0 saturated heterocycles. The third-order valence-electron chi connectivity index (χ3n) is 2.38. The van der Waals surface area contributed by atoms with Crippen LogP contribution in [-0.2, 0) is 9.59 Å². The number of aromatic nitrogens is 3. The summed E-state index contributed by atoms with van der Waals surface area (Å²) in [5.74, 6) is 0.473. The molecule has 0 fully saturated rings. The Morgan fingerprint density at radius 1 is 1.32 bits per heavy atom. The molecule has 6 heteroatoms. The lowest BCUT2D eigenvalue weighted by molar-refractivity contribution is -0.123. The van der Waals surface area contributed by atoms with Gasteiger partial charge in [-0.05, 0) is 19.1 Å². The number of anilines is 1. The maximum absolute atomic E-state index is 11.8.